The van der Waals surface area contributed by atoms with Gasteiger partial charge >= 0.3 is 0 Å². The lowest BCUT2D eigenvalue weighted by Gasteiger charge is -2.19. The summed E-state index contributed by atoms with van der Waals surface area (Å²) in [7, 11) is 0. The van der Waals surface area contributed by atoms with E-state index in [4.69, 9.17) is 0 Å². The van der Waals surface area contributed by atoms with E-state index in [9.17, 15) is 9.59 Å². The number of pyridine rings is 1. The molecule has 22 heavy (non-hydrogen) atoms. The molecular formula is C16H18N4O2. The Balaban J connectivity index is 1.85. The van der Waals surface area contributed by atoms with Crippen LogP contribution in [0.3, 0.4) is 0 Å². The summed E-state index contributed by atoms with van der Waals surface area (Å²) in [6, 6.07) is 1.94. The molecule has 0 radical (unpaired) electrons. The van der Waals surface area contributed by atoms with Crippen LogP contribution in [0.2, 0.25) is 0 Å². The minimum absolute atomic E-state index is 0.0944. The Labute approximate surface area is 127 Å². The fourth-order valence-electron chi connectivity index (χ4n) is 3.89. The van der Waals surface area contributed by atoms with Gasteiger partial charge in [-0.1, -0.05) is 12.8 Å². The van der Waals surface area contributed by atoms with Crippen molar-refractivity contribution in [2.24, 2.45) is 11.8 Å². The van der Waals surface area contributed by atoms with E-state index in [2.05, 4.69) is 15.2 Å². The fourth-order valence-corrected chi connectivity index (χ4v) is 3.89. The number of hydrogen-bond acceptors (Lipinski definition) is 4. The van der Waals surface area contributed by atoms with E-state index in [0.29, 0.717) is 11.5 Å². The maximum Gasteiger partial charge on any atom is 0.238 e. The quantitative estimate of drug-likeness (QED) is 0.819. The predicted octanol–water partition coefficient (Wildman–Crippen LogP) is 2.25. The maximum absolute atomic E-state index is 12.7. The number of fused-ring (bicyclic) bond motifs is 2. The Hall–Kier alpha value is -2.24. The van der Waals surface area contributed by atoms with Crippen molar-refractivity contribution in [2.75, 3.05) is 4.90 Å². The molecule has 2 fully saturated rings. The van der Waals surface area contributed by atoms with Crippen molar-refractivity contribution in [3.05, 3.63) is 17.3 Å². The number of aryl methyl sites for hydroxylation is 2. The highest BCUT2D eigenvalue weighted by Gasteiger charge is 2.50. The molecule has 1 N–H and O–H groups in total. The molecule has 1 saturated heterocycles. The van der Waals surface area contributed by atoms with Gasteiger partial charge < -0.3 is 0 Å². The Bertz CT molecular complexity index is 771. The molecule has 1 saturated carbocycles. The Kier molecular flexibility index (Phi) is 2.82. The minimum Gasteiger partial charge on any atom is -0.274 e. The molecule has 2 aromatic heterocycles. The normalized spacial score (nSPS) is 25.1. The first-order chi connectivity index (χ1) is 10.6. The minimum atomic E-state index is -0.160. The van der Waals surface area contributed by atoms with Crippen LogP contribution in [0.5, 0.6) is 0 Å². The number of imide groups is 1. The highest BCUT2D eigenvalue weighted by atomic mass is 16.2. The standard InChI is InChI=1S/C16H18N4O2/c1-8-7-9(2)17-13-12(8)14(19-18-13)20-15(21)10-5-3-4-6-11(10)16(20)22/h7,10-11H,3-6H2,1-2H3,(H,17,18,19)/t10-,11+. The zero-order chi connectivity index (χ0) is 15.4. The van der Waals surface area contributed by atoms with Crippen molar-refractivity contribution in [3.63, 3.8) is 0 Å². The second-order valence-corrected chi connectivity index (χ2v) is 6.36. The summed E-state index contributed by atoms with van der Waals surface area (Å²) in [5.41, 5.74) is 2.48. The molecule has 0 bridgehead atoms. The largest absolute Gasteiger partial charge is 0.274 e. The van der Waals surface area contributed by atoms with Gasteiger partial charge in [-0.15, -0.1) is 0 Å². The zero-order valence-electron chi connectivity index (χ0n) is 12.7. The molecular weight excluding hydrogens is 280 g/mol. The summed E-state index contributed by atoms with van der Waals surface area (Å²) in [4.78, 5) is 31.1. The van der Waals surface area contributed by atoms with E-state index < -0.39 is 0 Å². The third-order valence-electron chi connectivity index (χ3n) is 4.89. The van der Waals surface area contributed by atoms with Crippen LogP contribution in [-0.2, 0) is 9.59 Å². The van der Waals surface area contributed by atoms with Crippen LogP contribution >= 0.6 is 0 Å². The van der Waals surface area contributed by atoms with Crippen molar-refractivity contribution in [1.29, 1.82) is 0 Å². The molecule has 3 heterocycles. The van der Waals surface area contributed by atoms with Crippen molar-refractivity contribution < 1.29 is 9.59 Å². The molecule has 0 aromatic carbocycles. The monoisotopic (exact) mass is 298 g/mol. The van der Waals surface area contributed by atoms with Crippen LogP contribution in [0.15, 0.2) is 6.07 Å². The second kappa shape index (κ2) is 4.63. The van der Waals surface area contributed by atoms with Gasteiger partial charge in [0, 0.05) is 5.69 Å². The first-order valence-electron chi connectivity index (χ1n) is 7.78. The van der Waals surface area contributed by atoms with Crippen LogP contribution in [0, 0.1) is 25.7 Å². The molecule has 2 amide bonds. The predicted molar refractivity (Wildman–Crippen MR) is 81.3 cm³/mol. The van der Waals surface area contributed by atoms with Crippen molar-refractivity contribution in [2.45, 2.75) is 39.5 Å². The van der Waals surface area contributed by atoms with Gasteiger partial charge in [0.2, 0.25) is 11.8 Å². The molecule has 0 unspecified atom stereocenters. The molecule has 6 nitrogen and oxygen atoms in total. The molecule has 4 rings (SSSR count). The topological polar surface area (TPSA) is 79.0 Å². The second-order valence-electron chi connectivity index (χ2n) is 6.36. The molecule has 0 spiro atoms. The first-order valence-corrected chi connectivity index (χ1v) is 7.78. The summed E-state index contributed by atoms with van der Waals surface area (Å²) in [6.07, 6.45) is 3.67. The van der Waals surface area contributed by atoms with E-state index in [0.717, 1.165) is 42.3 Å². The lowest BCUT2D eigenvalue weighted by atomic mass is 9.81. The van der Waals surface area contributed by atoms with E-state index in [1.54, 1.807) is 0 Å². The molecule has 2 aromatic rings. The number of hydrogen-bond donors (Lipinski definition) is 1. The Morgan fingerprint density at radius 2 is 1.77 bits per heavy atom. The number of aromatic amines is 1. The molecule has 2 atom stereocenters. The summed E-state index contributed by atoms with van der Waals surface area (Å²) < 4.78 is 0. The van der Waals surface area contributed by atoms with Gasteiger partial charge in [-0.05, 0) is 38.3 Å². The number of rotatable bonds is 1. The van der Waals surface area contributed by atoms with Gasteiger partial charge in [-0.3, -0.25) is 14.7 Å². The number of carbonyl (C=O) groups excluding carboxylic acids is 2. The highest BCUT2D eigenvalue weighted by Crippen LogP contribution is 2.41. The summed E-state index contributed by atoms with van der Waals surface area (Å²) in [6.45, 7) is 3.86. The van der Waals surface area contributed by atoms with Gasteiger partial charge in [-0.25, -0.2) is 9.88 Å². The zero-order valence-corrected chi connectivity index (χ0v) is 12.7. The summed E-state index contributed by atoms with van der Waals surface area (Å²) >= 11 is 0. The number of nitrogens with one attached hydrogen (secondary N) is 1. The summed E-state index contributed by atoms with van der Waals surface area (Å²) in [5, 5.41) is 7.87. The van der Waals surface area contributed by atoms with Gasteiger partial charge in [-0.2, -0.15) is 5.10 Å². The van der Waals surface area contributed by atoms with Crippen LogP contribution in [0.4, 0.5) is 5.82 Å². The van der Waals surface area contributed by atoms with Crippen LogP contribution in [-0.4, -0.2) is 27.0 Å². The van der Waals surface area contributed by atoms with Gasteiger partial charge in [0.05, 0.1) is 17.2 Å². The molecule has 114 valence electrons. The van der Waals surface area contributed by atoms with E-state index in [1.165, 1.54) is 4.90 Å². The van der Waals surface area contributed by atoms with Gasteiger partial charge in [0.1, 0.15) is 0 Å². The molecule has 6 heteroatoms. The number of H-pyrrole nitrogens is 1. The lowest BCUT2D eigenvalue weighted by molar-refractivity contribution is -0.122. The smallest absolute Gasteiger partial charge is 0.238 e. The average molecular weight is 298 g/mol. The third kappa shape index (κ3) is 1.73. The lowest BCUT2D eigenvalue weighted by Crippen LogP contribution is -2.31. The van der Waals surface area contributed by atoms with Crippen molar-refractivity contribution in [1.82, 2.24) is 15.2 Å². The van der Waals surface area contributed by atoms with Crippen LogP contribution in [0.25, 0.3) is 11.0 Å². The average Bonchev–Trinajstić information content (AvgIpc) is 3.00. The number of aromatic nitrogens is 3. The first kappa shape index (κ1) is 13.4. The number of nitrogens with zero attached hydrogens (tertiary/aromatic N) is 3. The third-order valence-corrected chi connectivity index (χ3v) is 4.89. The molecule has 1 aliphatic heterocycles. The van der Waals surface area contributed by atoms with E-state index in [1.807, 2.05) is 19.9 Å². The maximum atomic E-state index is 12.7. The summed E-state index contributed by atoms with van der Waals surface area (Å²) in [5.74, 6) is -0.0889. The Morgan fingerprint density at radius 3 is 2.41 bits per heavy atom. The van der Waals surface area contributed by atoms with Crippen LogP contribution in [0.1, 0.15) is 36.9 Å². The van der Waals surface area contributed by atoms with E-state index in [-0.39, 0.29) is 23.7 Å². The highest BCUT2D eigenvalue weighted by molar-refractivity contribution is 6.24. The fraction of sp³-hybridized carbons (Fsp3) is 0.500. The number of amides is 2. The Morgan fingerprint density at radius 1 is 1.14 bits per heavy atom. The van der Waals surface area contributed by atoms with Crippen molar-refractivity contribution >= 4 is 28.7 Å². The van der Waals surface area contributed by atoms with Crippen LogP contribution < -0.4 is 4.90 Å². The molecule has 1 aliphatic carbocycles. The van der Waals surface area contributed by atoms with Gasteiger partial charge in [0.15, 0.2) is 11.5 Å². The number of anilines is 1. The molecule has 2 aliphatic rings. The SMILES string of the molecule is Cc1cc(C)c2c(N3C(=O)[C@H]4CCCC[C@H]4C3=O)n[nH]c2n1. The van der Waals surface area contributed by atoms with Gasteiger partial charge in [0.25, 0.3) is 0 Å². The van der Waals surface area contributed by atoms with Crippen molar-refractivity contribution in [3.8, 4) is 0 Å². The number of carbonyl (C=O) groups is 2. The van der Waals surface area contributed by atoms with E-state index >= 15 is 0 Å².